The Morgan fingerprint density at radius 1 is 1.19 bits per heavy atom. The Bertz CT molecular complexity index is 788. The van der Waals surface area contributed by atoms with Crippen molar-refractivity contribution in [3.63, 3.8) is 0 Å². The molecule has 0 aliphatic carbocycles. The van der Waals surface area contributed by atoms with E-state index in [0.717, 1.165) is 29.9 Å². The van der Waals surface area contributed by atoms with Gasteiger partial charge in [-0.25, -0.2) is 4.79 Å². The van der Waals surface area contributed by atoms with Crippen LogP contribution in [0, 0.1) is 13.8 Å². The van der Waals surface area contributed by atoms with Gasteiger partial charge in [0.2, 0.25) is 5.75 Å². The van der Waals surface area contributed by atoms with Crippen molar-refractivity contribution in [2.24, 2.45) is 0 Å². The number of hydrogen-bond donors (Lipinski definition) is 1. The summed E-state index contributed by atoms with van der Waals surface area (Å²) < 4.78 is 21.3. The van der Waals surface area contributed by atoms with E-state index in [-0.39, 0.29) is 12.1 Å². The molecule has 2 aromatic rings. The monoisotopic (exact) mass is 375 g/mol. The highest BCUT2D eigenvalue weighted by atomic mass is 16.5. The summed E-state index contributed by atoms with van der Waals surface area (Å²) in [7, 11) is 4.62. The molecule has 8 heteroatoms. The third-order valence-corrected chi connectivity index (χ3v) is 4.85. The maximum atomic E-state index is 12.9. The topological polar surface area (TPSA) is 86.1 Å². The number of benzene rings is 1. The molecule has 1 aromatic carbocycles. The van der Waals surface area contributed by atoms with Gasteiger partial charge in [0.15, 0.2) is 11.5 Å². The van der Waals surface area contributed by atoms with Gasteiger partial charge in [-0.15, -0.1) is 0 Å². The summed E-state index contributed by atoms with van der Waals surface area (Å²) in [6.07, 6.45) is 1.81. The second kappa shape index (κ2) is 7.77. The number of aromatic nitrogens is 1. The molecule has 1 N–H and O–H groups in total. The number of urea groups is 1. The number of aryl methyl sites for hydroxylation is 2. The molecule has 1 fully saturated rings. The molecule has 27 heavy (non-hydrogen) atoms. The molecule has 1 aromatic heterocycles. The molecule has 1 atom stereocenters. The maximum Gasteiger partial charge on any atom is 0.322 e. The van der Waals surface area contributed by atoms with E-state index in [2.05, 4.69) is 10.5 Å². The van der Waals surface area contributed by atoms with Gasteiger partial charge in [-0.3, -0.25) is 0 Å². The molecule has 0 spiro atoms. The highest BCUT2D eigenvalue weighted by Gasteiger charge is 2.34. The Morgan fingerprint density at radius 3 is 2.37 bits per heavy atom. The molecule has 0 saturated carbocycles. The van der Waals surface area contributed by atoms with E-state index >= 15 is 0 Å². The zero-order valence-electron chi connectivity index (χ0n) is 16.3. The summed E-state index contributed by atoms with van der Waals surface area (Å²) in [5.41, 5.74) is 2.39. The van der Waals surface area contributed by atoms with Gasteiger partial charge in [0.1, 0.15) is 5.76 Å². The van der Waals surface area contributed by atoms with Crippen LogP contribution in [-0.4, -0.2) is 44.0 Å². The molecule has 2 heterocycles. The van der Waals surface area contributed by atoms with Gasteiger partial charge in [0, 0.05) is 24.2 Å². The number of amides is 2. The minimum Gasteiger partial charge on any atom is -0.493 e. The molecular weight excluding hydrogens is 350 g/mol. The summed E-state index contributed by atoms with van der Waals surface area (Å²) in [6, 6.07) is 3.19. The first-order valence-electron chi connectivity index (χ1n) is 8.80. The number of anilines is 1. The van der Waals surface area contributed by atoms with E-state index in [0.29, 0.717) is 29.5 Å². The molecular formula is C19H25N3O5. The zero-order chi connectivity index (χ0) is 19.6. The number of carbonyl (C=O) groups is 1. The third-order valence-electron chi connectivity index (χ3n) is 4.85. The van der Waals surface area contributed by atoms with Crippen LogP contribution in [0.3, 0.4) is 0 Å². The Morgan fingerprint density at radius 2 is 1.85 bits per heavy atom. The lowest BCUT2D eigenvalue weighted by Gasteiger charge is -2.25. The maximum absolute atomic E-state index is 12.9. The van der Waals surface area contributed by atoms with Crippen LogP contribution >= 0.6 is 0 Å². The molecule has 3 rings (SSSR count). The lowest BCUT2D eigenvalue weighted by atomic mass is 10.0. The number of methoxy groups -OCH3 is 3. The highest BCUT2D eigenvalue weighted by molar-refractivity contribution is 5.90. The number of hydrogen-bond acceptors (Lipinski definition) is 6. The van der Waals surface area contributed by atoms with Gasteiger partial charge in [0.25, 0.3) is 0 Å². The zero-order valence-corrected chi connectivity index (χ0v) is 16.3. The number of carbonyl (C=O) groups excluding carboxylic acids is 1. The molecule has 0 radical (unpaired) electrons. The smallest absolute Gasteiger partial charge is 0.322 e. The molecule has 1 aliphatic rings. The lowest BCUT2D eigenvalue weighted by molar-refractivity contribution is 0.206. The predicted molar refractivity (Wildman–Crippen MR) is 99.8 cm³/mol. The van der Waals surface area contributed by atoms with E-state index in [1.54, 1.807) is 12.1 Å². The van der Waals surface area contributed by atoms with Gasteiger partial charge in [0.05, 0.1) is 38.8 Å². The van der Waals surface area contributed by atoms with Crippen molar-refractivity contribution in [3.8, 4) is 17.2 Å². The second-order valence-electron chi connectivity index (χ2n) is 6.43. The van der Waals surface area contributed by atoms with E-state index in [4.69, 9.17) is 18.7 Å². The first kappa shape index (κ1) is 18.9. The number of nitrogens with one attached hydrogen (secondary N) is 1. The van der Waals surface area contributed by atoms with Crippen LogP contribution in [-0.2, 0) is 0 Å². The third kappa shape index (κ3) is 3.51. The summed E-state index contributed by atoms with van der Waals surface area (Å²) in [6.45, 7) is 4.45. The van der Waals surface area contributed by atoms with Gasteiger partial charge >= 0.3 is 6.03 Å². The van der Waals surface area contributed by atoms with E-state index in [9.17, 15) is 4.79 Å². The molecule has 1 aliphatic heterocycles. The van der Waals surface area contributed by atoms with Gasteiger partial charge in [-0.05, 0) is 26.7 Å². The summed E-state index contributed by atoms with van der Waals surface area (Å²) in [4.78, 5) is 14.8. The van der Waals surface area contributed by atoms with Crippen LogP contribution in [0.15, 0.2) is 16.7 Å². The average molecular weight is 375 g/mol. The quantitative estimate of drug-likeness (QED) is 0.858. The van der Waals surface area contributed by atoms with Crippen LogP contribution in [0.2, 0.25) is 0 Å². The van der Waals surface area contributed by atoms with Crippen molar-refractivity contribution in [3.05, 3.63) is 29.2 Å². The van der Waals surface area contributed by atoms with Crippen molar-refractivity contribution < 1.29 is 23.5 Å². The van der Waals surface area contributed by atoms with Gasteiger partial charge in [-0.1, -0.05) is 5.16 Å². The summed E-state index contributed by atoms with van der Waals surface area (Å²) >= 11 is 0. The Hall–Kier alpha value is -2.90. The Balaban J connectivity index is 1.84. The largest absolute Gasteiger partial charge is 0.493 e. The van der Waals surface area contributed by atoms with Crippen molar-refractivity contribution >= 4 is 11.7 Å². The molecule has 0 unspecified atom stereocenters. The minimum atomic E-state index is -0.188. The van der Waals surface area contributed by atoms with E-state index in [1.807, 2.05) is 18.7 Å². The van der Waals surface area contributed by atoms with Crippen LogP contribution in [0.4, 0.5) is 10.5 Å². The van der Waals surface area contributed by atoms with Crippen LogP contribution in [0.1, 0.15) is 35.9 Å². The first-order chi connectivity index (χ1) is 13.0. The predicted octanol–water partition coefficient (Wildman–Crippen LogP) is 3.69. The Kier molecular flexibility index (Phi) is 5.43. The summed E-state index contributed by atoms with van der Waals surface area (Å²) in [5, 5.41) is 6.96. The fraction of sp³-hybridized carbons (Fsp3) is 0.474. The molecule has 1 saturated heterocycles. The second-order valence-corrected chi connectivity index (χ2v) is 6.43. The Labute approximate surface area is 158 Å². The number of rotatable bonds is 5. The average Bonchev–Trinajstić information content (AvgIpc) is 3.26. The molecule has 8 nitrogen and oxygen atoms in total. The van der Waals surface area contributed by atoms with Crippen LogP contribution < -0.4 is 19.5 Å². The van der Waals surface area contributed by atoms with Gasteiger partial charge < -0.3 is 29.0 Å². The molecule has 146 valence electrons. The fourth-order valence-corrected chi connectivity index (χ4v) is 3.62. The lowest BCUT2D eigenvalue weighted by Crippen LogP contribution is -2.34. The number of nitrogens with zero attached hydrogens (tertiary/aromatic N) is 2. The number of likely N-dealkylation sites (tertiary alicyclic amines) is 1. The normalized spacial score (nSPS) is 16.3. The van der Waals surface area contributed by atoms with E-state index < -0.39 is 0 Å². The SMILES string of the molecule is COc1cc(NC(=O)N2CCC[C@H]2c2c(C)noc2C)cc(OC)c1OC. The van der Waals surface area contributed by atoms with Crippen LogP contribution in [0.25, 0.3) is 0 Å². The van der Waals surface area contributed by atoms with Crippen molar-refractivity contribution in [1.29, 1.82) is 0 Å². The minimum absolute atomic E-state index is 0.0433. The molecule has 0 bridgehead atoms. The fourth-order valence-electron chi connectivity index (χ4n) is 3.62. The van der Waals surface area contributed by atoms with Crippen molar-refractivity contribution in [2.45, 2.75) is 32.7 Å². The number of ether oxygens (including phenoxy) is 3. The van der Waals surface area contributed by atoms with E-state index in [1.165, 1.54) is 21.3 Å². The standard InChI is InChI=1S/C19H25N3O5/c1-11-17(12(2)27-21-11)14-7-6-8-22(14)19(23)20-13-9-15(24-3)18(26-5)16(10-13)25-4/h9-10,14H,6-8H2,1-5H3,(H,20,23)/t14-/m0/s1. The summed E-state index contributed by atoms with van der Waals surface area (Å²) in [5.74, 6) is 2.20. The van der Waals surface area contributed by atoms with Crippen molar-refractivity contribution in [1.82, 2.24) is 10.1 Å². The highest BCUT2D eigenvalue weighted by Crippen LogP contribution is 2.41. The van der Waals surface area contributed by atoms with Crippen LogP contribution in [0.5, 0.6) is 17.2 Å². The van der Waals surface area contributed by atoms with Crippen molar-refractivity contribution in [2.75, 3.05) is 33.2 Å². The van der Waals surface area contributed by atoms with Gasteiger partial charge in [-0.2, -0.15) is 0 Å². The first-order valence-corrected chi connectivity index (χ1v) is 8.80. The molecule has 2 amide bonds.